The first-order valence-electron chi connectivity index (χ1n) is 7.18. The molecule has 1 N–H and O–H groups in total. The Bertz CT molecular complexity index is 266. The summed E-state index contributed by atoms with van der Waals surface area (Å²) in [6.45, 7) is 6.92. The van der Waals surface area contributed by atoms with E-state index in [1.165, 1.54) is 18.1 Å². The molecule has 0 aromatic carbocycles. The summed E-state index contributed by atoms with van der Waals surface area (Å²) in [7, 11) is 0.140. The van der Waals surface area contributed by atoms with Crippen molar-refractivity contribution in [1.82, 2.24) is 0 Å². The number of rotatable bonds is 7. The molecule has 0 saturated carbocycles. The summed E-state index contributed by atoms with van der Waals surface area (Å²) in [6, 6.07) is 3.50. The predicted molar refractivity (Wildman–Crippen MR) is 77.0 cm³/mol. The summed E-state index contributed by atoms with van der Waals surface area (Å²) in [5.41, 5.74) is 0. The second kappa shape index (κ2) is 7.31. The van der Waals surface area contributed by atoms with Gasteiger partial charge in [-0.05, 0) is 30.6 Å². The first-order chi connectivity index (χ1) is 8.64. The van der Waals surface area contributed by atoms with Crippen LogP contribution < -0.4 is 0 Å². The predicted octanol–water partition coefficient (Wildman–Crippen LogP) is 3.31. The number of methoxy groups -OCH3 is 1. The molecule has 18 heavy (non-hydrogen) atoms. The van der Waals surface area contributed by atoms with Crippen LogP contribution in [0.4, 0.5) is 0 Å². The van der Waals surface area contributed by atoms with E-state index in [1.54, 1.807) is 7.11 Å². The normalized spacial score (nSPS) is 24.8. The summed E-state index contributed by atoms with van der Waals surface area (Å²) in [5.74, 6) is 1.33. The third-order valence-electron chi connectivity index (χ3n) is 4.36. The number of aliphatic hydroxyl groups is 1. The molecule has 0 bridgehead atoms. The van der Waals surface area contributed by atoms with Gasteiger partial charge in [-0.25, -0.2) is 0 Å². The first-order valence-corrected chi connectivity index (χ1v) is 9.71. The molecule has 0 aromatic heterocycles. The van der Waals surface area contributed by atoms with Gasteiger partial charge in [0, 0.05) is 26.1 Å². The monoisotopic (exact) mass is 272 g/mol. The van der Waals surface area contributed by atoms with Crippen molar-refractivity contribution >= 4 is 8.32 Å². The van der Waals surface area contributed by atoms with E-state index in [9.17, 15) is 5.11 Å². The van der Waals surface area contributed by atoms with E-state index in [0.717, 1.165) is 18.6 Å². The van der Waals surface area contributed by atoms with Crippen molar-refractivity contribution in [3.63, 3.8) is 0 Å². The zero-order valence-electron chi connectivity index (χ0n) is 12.2. The van der Waals surface area contributed by atoms with Crippen molar-refractivity contribution in [2.45, 2.75) is 57.8 Å². The Labute approximate surface area is 112 Å². The Morgan fingerprint density at radius 1 is 1.28 bits per heavy atom. The maximum Gasteiger partial charge on any atom is 0.250 e. The Morgan fingerprint density at radius 2 is 1.89 bits per heavy atom. The molecule has 0 radical (unpaired) electrons. The van der Waals surface area contributed by atoms with Crippen LogP contribution >= 0.6 is 0 Å². The average molecular weight is 272 g/mol. The second-order valence-electron chi connectivity index (χ2n) is 5.16. The topological polar surface area (TPSA) is 38.7 Å². The minimum Gasteiger partial charge on any atom is -0.547 e. The van der Waals surface area contributed by atoms with Gasteiger partial charge in [0.2, 0.25) is 8.32 Å². The molecule has 106 valence electrons. The lowest BCUT2D eigenvalue weighted by atomic mass is 9.91. The van der Waals surface area contributed by atoms with Gasteiger partial charge in [0.25, 0.3) is 0 Å². The van der Waals surface area contributed by atoms with Gasteiger partial charge in [0.1, 0.15) is 0 Å². The minimum atomic E-state index is -1.57. The van der Waals surface area contributed by atoms with Crippen LogP contribution in [0.5, 0.6) is 0 Å². The molecule has 1 aliphatic carbocycles. The number of ether oxygens (including phenoxy) is 1. The summed E-state index contributed by atoms with van der Waals surface area (Å²) < 4.78 is 11.8. The first kappa shape index (κ1) is 15.7. The van der Waals surface area contributed by atoms with Gasteiger partial charge in [-0.1, -0.05) is 20.8 Å². The maximum absolute atomic E-state index is 9.31. The maximum atomic E-state index is 9.31. The third kappa shape index (κ3) is 3.59. The van der Waals surface area contributed by atoms with Gasteiger partial charge < -0.3 is 14.3 Å². The van der Waals surface area contributed by atoms with Crippen molar-refractivity contribution in [3.8, 4) is 0 Å². The molecule has 0 aliphatic heterocycles. The van der Waals surface area contributed by atoms with E-state index in [4.69, 9.17) is 9.16 Å². The third-order valence-corrected chi connectivity index (χ3v) is 8.92. The van der Waals surface area contributed by atoms with Crippen LogP contribution in [0.2, 0.25) is 18.1 Å². The van der Waals surface area contributed by atoms with Crippen LogP contribution in [0.3, 0.4) is 0 Å². The summed E-state index contributed by atoms with van der Waals surface area (Å²) in [5, 5.41) is 9.31. The molecule has 1 aliphatic rings. The molecule has 3 nitrogen and oxygen atoms in total. The van der Waals surface area contributed by atoms with Gasteiger partial charge in [0.15, 0.2) is 0 Å². The quantitative estimate of drug-likeness (QED) is 0.723. The summed E-state index contributed by atoms with van der Waals surface area (Å²) in [4.78, 5) is 0. The van der Waals surface area contributed by atoms with Crippen molar-refractivity contribution in [1.29, 1.82) is 0 Å². The number of aliphatic hydroxyl groups excluding tert-OH is 1. The van der Waals surface area contributed by atoms with Crippen molar-refractivity contribution in [3.05, 3.63) is 11.8 Å². The fraction of sp³-hybridized carbons (Fsp3) is 0.857. The van der Waals surface area contributed by atoms with Crippen molar-refractivity contribution in [2.75, 3.05) is 13.7 Å². The molecule has 4 heteroatoms. The van der Waals surface area contributed by atoms with Gasteiger partial charge in [-0.15, -0.1) is 0 Å². The summed E-state index contributed by atoms with van der Waals surface area (Å²) in [6.07, 6.45) is 4.01. The zero-order chi connectivity index (χ0) is 13.6. The highest BCUT2D eigenvalue weighted by Crippen LogP contribution is 2.31. The molecular weight excluding hydrogens is 244 g/mol. The standard InChI is InChI=1S/C14H28O3Si/c1-5-18(6-2,7-3)17-13-9-8-12(11-15)14(10-13)16-4/h10,12,14-15H,5-9,11H2,1-4H3/t12-,14+/m1/s1. The van der Waals surface area contributed by atoms with Crippen molar-refractivity contribution < 1.29 is 14.3 Å². The Morgan fingerprint density at radius 3 is 2.33 bits per heavy atom. The number of hydrogen-bond donors (Lipinski definition) is 1. The van der Waals surface area contributed by atoms with E-state index in [-0.39, 0.29) is 18.6 Å². The molecule has 0 amide bonds. The molecule has 0 fully saturated rings. The lowest BCUT2D eigenvalue weighted by Gasteiger charge is -2.34. The fourth-order valence-electron chi connectivity index (χ4n) is 2.68. The minimum absolute atomic E-state index is 0.0102. The molecule has 1 rings (SSSR count). The molecule has 0 saturated heterocycles. The van der Waals surface area contributed by atoms with Gasteiger partial charge in [-0.3, -0.25) is 0 Å². The van der Waals surface area contributed by atoms with E-state index in [0.29, 0.717) is 0 Å². The van der Waals surface area contributed by atoms with Crippen LogP contribution in [-0.4, -0.2) is 33.2 Å². The van der Waals surface area contributed by atoms with Crippen LogP contribution in [0.15, 0.2) is 11.8 Å². The Balaban J connectivity index is 2.75. The molecule has 0 heterocycles. The highest BCUT2D eigenvalue weighted by molar-refractivity contribution is 6.73. The SMILES string of the molecule is CC[Si](CC)(CC)OC1=C[C@H](OC)[C@@H](CO)CC1. The van der Waals surface area contributed by atoms with E-state index >= 15 is 0 Å². The molecule has 0 aromatic rings. The smallest absolute Gasteiger partial charge is 0.250 e. The molecular formula is C14H28O3Si. The highest BCUT2D eigenvalue weighted by Gasteiger charge is 2.33. The second-order valence-corrected chi connectivity index (χ2v) is 9.85. The Kier molecular flexibility index (Phi) is 6.39. The summed E-state index contributed by atoms with van der Waals surface area (Å²) >= 11 is 0. The van der Waals surface area contributed by atoms with Crippen molar-refractivity contribution in [2.24, 2.45) is 5.92 Å². The largest absolute Gasteiger partial charge is 0.547 e. The van der Waals surface area contributed by atoms with E-state index in [1.807, 2.05) is 0 Å². The molecule has 2 atom stereocenters. The lowest BCUT2D eigenvalue weighted by molar-refractivity contribution is 0.0435. The van der Waals surface area contributed by atoms with E-state index in [2.05, 4.69) is 26.8 Å². The zero-order valence-corrected chi connectivity index (χ0v) is 13.2. The van der Waals surface area contributed by atoms with Crippen LogP contribution in [-0.2, 0) is 9.16 Å². The molecule has 0 unspecified atom stereocenters. The fourth-order valence-corrected chi connectivity index (χ4v) is 5.34. The van der Waals surface area contributed by atoms with Crippen LogP contribution in [0.25, 0.3) is 0 Å². The number of hydrogen-bond acceptors (Lipinski definition) is 3. The van der Waals surface area contributed by atoms with Gasteiger partial charge in [0.05, 0.1) is 11.9 Å². The van der Waals surface area contributed by atoms with Gasteiger partial charge >= 0.3 is 0 Å². The molecule has 0 spiro atoms. The lowest BCUT2D eigenvalue weighted by Crippen LogP contribution is -2.37. The van der Waals surface area contributed by atoms with Crippen LogP contribution in [0, 0.1) is 5.92 Å². The van der Waals surface area contributed by atoms with E-state index < -0.39 is 8.32 Å². The van der Waals surface area contributed by atoms with Crippen LogP contribution in [0.1, 0.15) is 33.6 Å². The Hall–Kier alpha value is -0.323. The average Bonchev–Trinajstić information content (AvgIpc) is 2.44. The van der Waals surface area contributed by atoms with Gasteiger partial charge in [-0.2, -0.15) is 0 Å². The number of allylic oxidation sites excluding steroid dienone is 1. The highest BCUT2D eigenvalue weighted by atomic mass is 28.4.